The lowest BCUT2D eigenvalue weighted by Crippen LogP contribution is -2.63. The van der Waals surface area contributed by atoms with Crippen LogP contribution in [0.2, 0.25) is 0 Å². The zero-order chi connectivity index (χ0) is 20.1. The number of carbonyl (C=O) groups excluding carboxylic acids is 2. The third-order valence-electron chi connectivity index (χ3n) is 6.17. The van der Waals surface area contributed by atoms with E-state index in [0.717, 1.165) is 33.3 Å². The van der Waals surface area contributed by atoms with Crippen LogP contribution in [0.1, 0.15) is 28.4 Å². The van der Waals surface area contributed by atoms with Crippen LogP contribution in [0.4, 0.5) is 0 Å². The fraction of sp³-hybridized carbons (Fsp3) is 0.250. The Morgan fingerprint density at radius 3 is 2.69 bits per heavy atom. The number of aromatic amines is 1. The third-order valence-corrected chi connectivity index (χ3v) is 6.17. The molecule has 3 aromatic rings. The van der Waals surface area contributed by atoms with Gasteiger partial charge in [-0.15, -0.1) is 6.58 Å². The Hall–Kier alpha value is -3.34. The van der Waals surface area contributed by atoms with Crippen molar-refractivity contribution in [3.05, 3.63) is 83.6 Å². The Labute approximate surface area is 169 Å². The van der Waals surface area contributed by atoms with E-state index in [1.807, 2.05) is 29.2 Å². The normalized spacial score (nSPS) is 21.3. The van der Waals surface area contributed by atoms with E-state index in [1.165, 1.54) is 0 Å². The highest BCUT2D eigenvalue weighted by molar-refractivity contribution is 5.97. The van der Waals surface area contributed by atoms with Crippen LogP contribution in [0.25, 0.3) is 10.9 Å². The van der Waals surface area contributed by atoms with Crippen LogP contribution in [0, 0.1) is 6.92 Å². The summed E-state index contributed by atoms with van der Waals surface area (Å²) in [6, 6.07) is 15.5. The second-order valence-corrected chi connectivity index (χ2v) is 7.85. The molecular formula is C24H23N3O2. The predicted octanol–water partition coefficient (Wildman–Crippen LogP) is 3.35. The van der Waals surface area contributed by atoms with Crippen molar-refractivity contribution >= 4 is 22.7 Å². The molecule has 2 atom stereocenters. The molecule has 0 aliphatic carbocycles. The lowest BCUT2D eigenvalue weighted by molar-refractivity contribution is -0.158. The number of aryl methyl sites for hydroxylation is 1. The topological polar surface area (TPSA) is 56.4 Å². The molecule has 1 aromatic heterocycles. The highest BCUT2D eigenvalue weighted by atomic mass is 16.2. The summed E-state index contributed by atoms with van der Waals surface area (Å²) < 4.78 is 0. The van der Waals surface area contributed by atoms with Gasteiger partial charge in [0.15, 0.2) is 0 Å². The molecule has 0 bridgehead atoms. The Balaban J connectivity index is 1.74. The molecule has 2 aliphatic heterocycles. The van der Waals surface area contributed by atoms with E-state index in [0.29, 0.717) is 13.0 Å². The lowest BCUT2D eigenvalue weighted by Gasteiger charge is -2.47. The van der Waals surface area contributed by atoms with E-state index in [-0.39, 0.29) is 24.4 Å². The van der Waals surface area contributed by atoms with Gasteiger partial charge in [-0.25, -0.2) is 0 Å². The summed E-state index contributed by atoms with van der Waals surface area (Å²) in [5.41, 5.74) is 5.37. The Kier molecular flexibility index (Phi) is 4.05. The van der Waals surface area contributed by atoms with Crippen LogP contribution >= 0.6 is 0 Å². The predicted molar refractivity (Wildman–Crippen MR) is 112 cm³/mol. The summed E-state index contributed by atoms with van der Waals surface area (Å²) >= 11 is 0. The number of para-hydroxylation sites is 1. The van der Waals surface area contributed by atoms with E-state index < -0.39 is 6.04 Å². The van der Waals surface area contributed by atoms with Crippen molar-refractivity contribution in [2.45, 2.75) is 25.4 Å². The quantitative estimate of drug-likeness (QED) is 0.703. The van der Waals surface area contributed by atoms with Gasteiger partial charge in [-0.3, -0.25) is 9.59 Å². The van der Waals surface area contributed by atoms with Crippen LogP contribution < -0.4 is 0 Å². The highest BCUT2D eigenvalue weighted by Crippen LogP contribution is 2.43. The fourth-order valence-electron chi connectivity index (χ4n) is 4.85. The largest absolute Gasteiger partial charge is 0.356 e. The second kappa shape index (κ2) is 6.62. The number of rotatable bonds is 3. The third kappa shape index (κ3) is 2.61. The van der Waals surface area contributed by atoms with Gasteiger partial charge >= 0.3 is 0 Å². The van der Waals surface area contributed by atoms with Crippen molar-refractivity contribution in [2.75, 3.05) is 13.1 Å². The summed E-state index contributed by atoms with van der Waals surface area (Å²) in [5, 5.41) is 1.13. The fourth-order valence-corrected chi connectivity index (χ4v) is 4.85. The van der Waals surface area contributed by atoms with E-state index in [2.05, 4.69) is 42.8 Å². The molecule has 1 fully saturated rings. The average Bonchev–Trinajstić information content (AvgIpc) is 3.09. The van der Waals surface area contributed by atoms with Crippen LogP contribution in [-0.4, -0.2) is 45.7 Å². The number of fused-ring (bicyclic) bond motifs is 4. The van der Waals surface area contributed by atoms with Crippen molar-refractivity contribution in [3.8, 4) is 0 Å². The van der Waals surface area contributed by atoms with Gasteiger partial charge in [0.2, 0.25) is 11.8 Å². The first-order chi connectivity index (χ1) is 14.1. The number of benzene rings is 2. The monoisotopic (exact) mass is 385 g/mol. The van der Waals surface area contributed by atoms with E-state index in [9.17, 15) is 9.59 Å². The van der Waals surface area contributed by atoms with Gasteiger partial charge in [0.1, 0.15) is 12.6 Å². The summed E-state index contributed by atoms with van der Waals surface area (Å²) in [5.74, 6) is -0.0203. The van der Waals surface area contributed by atoms with Crippen LogP contribution in [0.3, 0.4) is 0 Å². The molecule has 5 rings (SSSR count). The average molecular weight is 385 g/mol. The summed E-state index contributed by atoms with van der Waals surface area (Å²) in [7, 11) is 0. The van der Waals surface area contributed by atoms with E-state index in [4.69, 9.17) is 0 Å². The number of nitrogens with one attached hydrogen (secondary N) is 1. The van der Waals surface area contributed by atoms with Crippen molar-refractivity contribution < 1.29 is 9.59 Å². The number of nitrogens with zero attached hydrogens (tertiary/aromatic N) is 2. The summed E-state index contributed by atoms with van der Waals surface area (Å²) in [6.07, 6.45) is 2.21. The number of H-pyrrole nitrogens is 1. The first kappa shape index (κ1) is 17.7. The Morgan fingerprint density at radius 2 is 1.90 bits per heavy atom. The van der Waals surface area contributed by atoms with Crippen molar-refractivity contribution in [2.24, 2.45) is 0 Å². The van der Waals surface area contributed by atoms with Crippen LogP contribution in [-0.2, 0) is 16.0 Å². The van der Waals surface area contributed by atoms with Gasteiger partial charge in [0.05, 0.1) is 6.04 Å². The Morgan fingerprint density at radius 1 is 1.14 bits per heavy atom. The maximum Gasteiger partial charge on any atom is 0.246 e. The number of piperazine rings is 1. The molecule has 5 nitrogen and oxygen atoms in total. The molecule has 3 heterocycles. The summed E-state index contributed by atoms with van der Waals surface area (Å²) in [4.78, 5) is 33.5. The molecule has 1 saturated heterocycles. The molecule has 29 heavy (non-hydrogen) atoms. The molecular weight excluding hydrogens is 362 g/mol. The molecule has 5 heteroatoms. The maximum absolute atomic E-state index is 13.3. The zero-order valence-corrected chi connectivity index (χ0v) is 16.4. The first-order valence-corrected chi connectivity index (χ1v) is 9.96. The smallest absolute Gasteiger partial charge is 0.246 e. The standard InChI is InChI=1S/C24H23N3O2/c1-3-12-26-14-21(28)27-20(24(26)29)13-18-17-10-6-7-11-19(17)25-22(18)23(27)16-9-5-4-8-15(16)2/h3-11,20,23,25H,1,12-14H2,2H3. The molecule has 0 saturated carbocycles. The lowest BCUT2D eigenvalue weighted by atomic mass is 9.85. The minimum Gasteiger partial charge on any atom is -0.356 e. The van der Waals surface area contributed by atoms with Gasteiger partial charge < -0.3 is 14.8 Å². The van der Waals surface area contributed by atoms with Gasteiger partial charge in [0.25, 0.3) is 0 Å². The zero-order valence-electron chi connectivity index (χ0n) is 16.4. The van der Waals surface area contributed by atoms with Gasteiger partial charge in [-0.1, -0.05) is 48.5 Å². The van der Waals surface area contributed by atoms with E-state index >= 15 is 0 Å². The molecule has 1 N–H and O–H groups in total. The second-order valence-electron chi connectivity index (χ2n) is 7.85. The van der Waals surface area contributed by atoms with Gasteiger partial charge in [-0.05, 0) is 29.7 Å². The van der Waals surface area contributed by atoms with Crippen LogP contribution in [0.15, 0.2) is 61.2 Å². The number of amides is 2. The summed E-state index contributed by atoms with van der Waals surface area (Å²) in [6.45, 7) is 6.28. The highest BCUT2D eigenvalue weighted by Gasteiger charge is 2.48. The van der Waals surface area contributed by atoms with Gasteiger partial charge in [0, 0.05) is 29.6 Å². The Bertz CT molecular complexity index is 1150. The number of aromatic nitrogens is 1. The minimum absolute atomic E-state index is 0.000912. The number of hydrogen-bond donors (Lipinski definition) is 1. The molecule has 2 aromatic carbocycles. The van der Waals surface area contributed by atoms with Crippen molar-refractivity contribution in [1.82, 2.24) is 14.8 Å². The molecule has 2 aliphatic rings. The molecule has 0 spiro atoms. The maximum atomic E-state index is 13.3. The molecule has 2 amide bonds. The van der Waals surface area contributed by atoms with Crippen molar-refractivity contribution in [1.29, 1.82) is 0 Å². The SMILES string of the molecule is C=CCN1CC(=O)N2C(Cc3c([nH]c4ccccc34)C2c2ccccc2C)C1=O. The molecule has 0 radical (unpaired) electrons. The molecule has 146 valence electrons. The van der Waals surface area contributed by atoms with E-state index in [1.54, 1.807) is 11.0 Å². The number of hydrogen-bond acceptors (Lipinski definition) is 2. The molecule has 2 unspecified atom stereocenters. The minimum atomic E-state index is -0.493. The van der Waals surface area contributed by atoms with Crippen LogP contribution in [0.5, 0.6) is 0 Å². The van der Waals surface area contributed by atoms with Crippen molar-refractivity contribution in [3.63, 3.8) is 0 Å². The number of carbonyl (C=O) groups is 2. The van der Waals surface area contributed by atoms with Gasteiger partial charge in [-0.2, -0.15) is 0 Å². The first-order valence-electron chi connectivity index (χ1n) is 9.96.